The summed E-state index contributed by atoms with van der Waals surface area (Å²) in [6.07, 6.45) is 0. The van der Waals surface area contributed by atoms with Gasteiger partial charge in [0.05, 0.1) is 0 Å². The van der Waals surface area contributed by atoms with Crippen molar-refractivity contribution in [2.45, 2.75) is 27.3 Å². The summed E-state index contributed by atoms with van der Waals surface area (Å²) in [7, 11) is 0. The normalized spacial score (nSPS) is 10.4. The Labute approximate surface area is 118 Å². The van der Waals surface area contributed by atoms with Gasteiger partial charge in [0, 0.05) is 12.1 Å². The number of aryl methyl sites for hydroxylation is 3. The molecule has 2 nitrogen and oxygen atoms in total. The number of amides is 1. The first kappa shape index (κ1) is 14.3. The summed E-state index contributed by atoms with van der Waals surface area (Å²) in [5, 5.41) is 2.82. The molecule has 0 bridgehead atoms. The largest absolute Gasteiger partial charge is 0.348 e. The number of rotatable bonds is 3. The van der Waals surface area contributed by atoms with E-state index in [1.807, 2.05) is 38.1 Å². The van der Waals surface area contributed by atoms with Crippen molar-refractivity contribution in [2.24, 2.45) is 0 Å². The number of hydrogen-bond acceptors (Lipinski definition) is 1. The second kappa shape index (κ2) is 5.87. The Kier molecular flexibility index (Phi) is 4.18. The molecule has 0 aliphatic heterocycles. The van der Waals surface area contributed by atoms with Crippen molar-refractivity contribution < 1.29 is 9.18 Å². The standard InChI is InChI=1S/C17H18FNO/c1-11-4-7-15(13(3)8-11)17(20)19-10-14-6-5-12(2)16(18)9-14/h4-9H,10H2,1-3H3,(H,19,20). The zero-order valence-corrected chi connectivity index (χ0v) is 12.0. The highest BCUT2D eigenvalue weighted by atomic mass is 19.1. The predicted molar refractivity (Wildman–Crippen MR) is 78.2 cm³/mol. The van der Waals surface area contributed by atoms with Crippen LogP contribution < -0.4 is 5.32 Å². The Balaban J connectivity index is 2.06. The van der Waals surface area contributed by atoms with Crippen molar-refractivity contribution in [1.82, 2.24) is 5.32 Å². The third-order valence-corrected chi connectivity index (χ3v) is 3.32. The second-order valence-corrected chi connectivity index (χ2v) is 5.08. The third-order valence-electron chi connectivity index (χ3n) is 3.32. The monoisotopic (exact) mass is 271 g/mol. The highest BCUT2D eigenvalue weighted by Gasteiger charge is 2.09. The van der Waals surface area contributed by atoms with E-state index in [1.165, 1.54) is 6.07 Å². The third kappa shape index (κ3) is 3.23. The molecule has 0 unspecified atom stereocenters. The minimum atomic E-state index is -0.247. The molecule has 20 heavy (non-hydrogen) atoms. The van der Waals surface area contributed by atoms with E-state index in [0.29, 0.717) is 17.7 Å². The number of nitrogens with one attached hydrogen (secondary N) is 1. The van der Waals surface area contributed by atoms with Crippen LogP contribution in [-0.4, -0.2) is 5.91 Å². The maximum absolute atomic E-state index is 13.4. The van der Waals surface area contributed by atoms with Gasteiger partial charge in [-0.1, -0.05) is 29.8 Å². The summed E-state index contributed by atoms with van der Waals surface area (Å²) in [4.78, 5) is 12.1. The number of benzene rings is 2. The van der Waals surface area contributed by atoms with Crippen LogP contribution in [0, 0.1) is 26.6 Å². The zero-order valence-electron chi connectivity index (χ0n) is 12.0. The summed E-state index contributed by atoms with van der Waals surface area (Å²) in [5.74, 6) is -0.383. The molecule has 0 radical (unpaired) electrons. The van der Waals surface area contributed by atoms with E-state index in [0.717, 1.165) is 16.7 Å². The SMILES string of the molecule is Cc1ccc(C(=O)NCc2ccc(C)c(F)c2)c(C)c1. The Morgan fingerprint density at radius 1 is 1.05 bits per heavy atom. The van der Waals surface area contributed by atoms with Gasteiger partial charge in [-0.2, -0.15) is 0 Å². The fraction of sp³-hybridized carbons (Fsp3) is 0.235. The molecule has 2 rings (SSSR count). The van der Waals surface area contributed by atoms with Crippen molar-refractivity contribution >= 4 is 5.91 Å². The number of halogens is 1. The topological polar surface area (TPSA) is 29.1 Å². The molecule has 0 saturated carbocycles. The zero-order chi connectivity index (χ0) is 14.7. The van der Waals surface area contributed by atoms with Gasteiger partial charge in [0.15, 0.2) is 0 Å². The molecule has 1 N–H and O–H groups in total. The van der Waals surface area contributed by atoms with E-state index in [-0.39, 0.29) is 11.7 Å². The smallest absolute Gasteiger partial charge is 0.251 e. The molecule has 0 aromatic heterocycles. The van der Waals surface area contributed by atoms with Crippen LogP contribution in [0.4, 0.5) is 4.39 Å². The van der Waals surface area contributed by atoms with Crippen molar-refractivity contribution in [2.75, 3.05) is 0 Å². The average Bonchev–Trinajstić information content (AvgIpc) is 2.40. The molecule has 2 aromatic rings. The van der Waals surface area contributed by atoms with Gasteiger partial charge in [0.25, 0.3) is 5.91 Å². The lowest BCUT2D eigenvalue weighted by Crippen LogP contribution is -2.23. The first-order valence-electron chi connectivity index (χ1n) is 6.58. The second-order valence-electron chi connectivity index (χ2n) is 5.08. The van der Waals surface area contributed by atoms with Crippen LogP contribution in [-0.2, 0) is 6.54 Å². The van der Waals surface area contributed by atoms with Crippen LogP contribution >= 0.6 is 0 Å². The van der Waals surface area contributed by atoms with Crippen LogP contribution in [0.25, 0.3) is 0 Å². The molecule has 0 aliphatic carbocycles. The van der Waals surface area contributed by atoms with E-state index in [1.54, 1.807) is 13.0 Å². The van der Waals surface area contributed by atoms with Crippen molar-refractivity contribution in [3.8, 4) is 0 Å². The molecule has 0 heterocycles. The Bertz CT molecular complexity index is 649. The fourth-order valence-electron chi connectivity index (χ4n) is 2.09. The maximum atomic E-state index is 13.4. The van der Waals surface area contributed by atoms with Crippen LogP contribution in [0.2, 0.25) is 0 Å². The Hall–Kier alpha value is -2.16. The average molecular weight is 271 g/mol. The lowest BCUT2D eigenvalue weighted by atomic mass is 10.1. The van der Waals surface area contributed by atoms with Gasteiger partial charge in [-0.15, -0.1) is 0 Å². The first-order chi connectivity index (χ1) is 9.47. The van der Waals surface area contributed by atoms with Gasteiger partial charge in [-0.25, -0.2) is 4.39 Å². The quantitative estimate of drug-likeness (QED) is 0.906. The molecular weight excluding hydrogens is 253 g/mol. The molecule has 0 spiro atoms. The molecule has 1 amide bonds. The molecular formula is C17H18FNO. The van der Waals surface area contributed by atoms with Gasteiger partial charge < -0.3 is 5.32 Å². The van der Waals surface area contributed by atoms with E-state index < -0.39 is 0 Å². The van der Waals surface area contributed by atoms with Crippen LogP contribution in [0.15, 0.2) is 36.4 Å². The Morgan fingerprint density at radius 3 is 2.45 bits per heavy atom. The van der Waals surface area contributed by atoms with Gasteiger partial charge >= 0.3 is 0 Å². The van der Waals surface area contributed by atoms with Gasteiger partial charge in [0.2, 0.25) is 0 Å². The van der Waals surface area contributed by atoms with Crippen LogP contribution in [0.3, 0.4) is 0 Å². The molecule has 0 saturated heterocycles. The van der Waals surface area contributed by atoms with Crippen LogP contribution in [0.1, 0.15) is 32.6 Å². The highest BCUT2D eigenvalue weighted by Crippen LogP contribution is 2.12. The molecule has 3 heteroatoms. The minimum Gasteiger partial charge on any atom is -0.348 e. The summed E-state index contributed by atoms with van der Waals surface area (Å²) in [6.45, 7) is 5.94. The number of carbonyl (C=O) groups excluding carboxylic acids is 1. The Morgan fingerprint density at radius 2 is 1.80 bits per heavy atom. The van der Waals surface area contributed by atoms with Gasteiger partial charge in [-0.3, -0.25) is 4.79 Å². The lowest BCUT2D eigenvalue weighted by molar-refractivity contribution is 0.0950. The molecule has 0 aliphatic rings. The molecule has 2 aromatic carbocycles. The summed E-state index contributed by atoms with van der Waals surface area (Å²) in [5.41, 5.74) is 4.08. The van der Waals surface area contributed by atoms with Crippen molar-refractivity contribution in [3.63, 3.8) is 0 Å². The maximum Gasteiger partial charge on any atom is 0.251 e. The summed E-state index contributed by atoms with van der Waals surface area (Å²) < 4.78 is 13.4. The van der Waals surface area contributed by atoms with E-state index in [4.69, 9.17) is 0 Å². The molecule has 104 valence electrons. The summed E-state index contributed by atoms with van der Waals surface area (Å²) >= 11 is 0. The minimum absolute atomic E-state index is 0.136. The van der Waals surface area contributed by atoms with Crippen molar-refractivity contribution in [1.29, 1.82) is 0 Å². The van der Waals surface area contributed by atoms with Gasteiger partial charge in [0.1, 0.15) is 5.82 Å². The van der Waals surface area contributed by atoms with E-state index in [9.17, 15) is 9.18 Å². The van der Waals surface area contributed by atoms with Gasteiger partial charge in [-0.05, 0) is 49.6 Å². The highest BCUT2D eigenvalue weighted by molar-refractivity contribution is 5.95. The van der Waals surface area contributed by atoms with E-state index in [2.05, 4.69) is 5.32 Å². The number of carbonyl (C=O) groups is 1. The fourth-order valence-corrected chi connectivity index (χ4v) is 2.09. The summed E-state index contributed by atoms with van der Waals surface area (Å²) in [6, 6.07) is 10.7. The van der Waals surface area contributed by atoms with Crippen LogP contribution in [0.5, 0.6) is 0 Å². The molecule has 0 fully saturated rings. The number of hydrogen-bond donors (Lipinski definition) is 1. The predicted octanol–water partition coefficient (Wildman–Crippen LogP) is 3.68. The van der Waals surface area contributed by atoms with Crippen molar-refractivity contribution in [3.05, 3.63) is 70.0 Å². The first-order valence-corrected chi connectivity index (χ1v) is 6.58. The lowest BCUT2D eigenvalue weighted by Gasteiger charge is -2.09. The van der Waals surface area contributed by atoms with E-state index >= 15 is 0 Å². The molecule has 0 atom stereocenters.